The van der Waals surface area contributed by atoms with Crippen molar-refractivity contribution in [2.75, 3.05) is 44.9 Å². The topological polar surface area (TPSA) is 45.7 Å². The van der Waals surface area contributed by atoms with Gasteiger partial charge in [0, 0.05) is 35.2 Å². The predicted molar refractivity (Wildman–Crippen MR) is 124 cm³/mol. The second kappa shape index (κ2) is 10.3. The first kappa shape index (κ1) is 21.9. The van der Waals surface area contributed by atoms with Crippen molar-refractivity contribution < 1.29 is 9.53 Å². The van der Waals surface area contributed by atoms with Crippen LogP contribution in [0.15, 0.2) is 47.4 Å². The first-order valence-electron chi connectivity index (χ1n) is 9.24. The molecule has 8 heteroatoms. The lowest BCUT2D eigenvalue weighted by atomic mass is 10.3. The zero-order chi connectivity index (χ0) is 20.8. The molecule has 0 aliphatic rings. The molecule has 0 radical (unpaired) electrons. The Morgan fingerprint density at radius 2 is 1.93 bits per heavy atom. The van der Waals surface area contributed by atoms with E-state index in [1.54, 1.807) is 23.8 Å². The number of hydrogen-bond acceptors (Lipinski definition) is 6. The molecule has 1 amide bonds. The van der Waals surface area contributed by atoms with Crippen LogP contribution in [-0.2, 0) is 4.79 Å². The first-order valence-corrected chi connectivity index (χ1v) is 11.4. The molecule has 154 valence electrons. The van der Waals surface area contributed by atoms with E-state index in [2.05, 4.69) is 9.88 Å². The van der Waals surface area contributed by atoms with Gasteiger partial charge >= 0.3 is 0 Å². The SMILES string of the molecule is COc1ccc(SCCC(=O)N(CCN(C)C)c2nc3ccc(Cl)cc3s2)cc1. The highest BCUT2D eigenvalue weighted by Crippen LogP contribution is 2.31. The molecule has 3 rings (SSSR count). The van der Waals surface area contributed by atoms with Crippen molar-refractivity contribution in [3.05, 3.63) is 47.5 Å². The van der Waals surface area contributed by atoms with Gasteiger partial charge in [0.2, 0.25) is 5.91 Å². The molecule has 29 heavy (non-hydrogen) atoms. The van der Waals surface area contributed by atoms with Gasteiger partial charge in [0.05, 0.1) is 17.3 Å². The number of amides is 1. The third-order valence-corrected chi connectivity index (χ3v) is 6.58. The number of fused-ring (bicyclic) bond motifs is 1. The lowest BCUT2D eigenvalue weighted by Gasteiger charge is -2.22. The Balaban J connectivity index is 1.68. The Hall–Kier alpha value is -1.80. The standard InChI is InChI=1S/C21H24ClN3O2S2/c1-24(2)11-12-25(21-23-18-9-4-15(22)14-19(18)29-21)20(26)10-13-28-17-7-5-16(27-3)6-8-17/h4-9,14H,10-13H2,1-3H3. The van der Waals surface area contributed by atoms with Gasteiger partial charge in [-0.2, -0.15) is 0 Å². The molecule has 0 N–H and O–H groups in total. The van der Waals surface area contributed by atoms with Crippen molar-refractivity contribution in [3.63, 3.8) is 0 Å². The van der Waals surface area contributed by atoms with Crippen LogP contribution in [0.3, 0.4) is 0 Å². The van der Waals surface area contributed by atoms with Gasteiger partial charge < -0.3 is 9.64 Å². The average molecular weight is 450 g/mol. The van der Waals surface area contributed by atoms with Crippen molar-refractivity contribution in [2.45, 2.75) is 11.3 Å². The van der Waals surface area contributed by atoms with Crippen LogP contribution in [0, 0.1) is 0 Å². The quantitative estimate of drug-likeness (QED) is 0.428. The van der Waals surface area contributed by atoms with Crippen LogP contribution in [0.1, 0.15) is 6.42 Å². The molecule has 2 aromatic carbocycles. The molecule has 3 aromatic rings. The summed E-state index contributed by atoms with van der Waals surface area (Å²) in [5, 5.41) is 1.40. The van der Waals surface area contributed by atoms with Crippen LogP contribution in [-0.4, -0.2) is 55.8 Å². The van der Waals surface area contributed by atoms with Gasteiger partial charge in [-0.3, -0.25) is 9.69 Å². The second-order valence-electron chi connectivity index (χ2n) is 6.73. The van der Waals surface area contributed by atoms with E-state index in [0.29, 0.717) is 23.7 Å². The molecule has 0 atom stereocenters. The Morgan fingerprint density at radius 1 is 1.17 bits per heavy atom. The zero-order valence-corrected chi connectivity index (χ0v) is 19.1. The number of carbonyl (C=O) groups is 1. The van der Waals surface area contributed by atoms with Gasteiger partial charge in [0.1, 0.15) is 5.75 Å². The van der Waals surface area contributed by atoms with E-state index >= 15 is 0 Å². The second-order valence-corrected chi connectivity index (χ2v) is 9.34. The van der Waals surface area contributed by atoms with Crippen LogP contribution in [0.2, 0.25) is 5.02 Å². The van der Waals surface area contributed by atoms with Crippen LogP contribution in [0.4, 0.5) is 5.13 Å². The van der Waals surface area contributed by atoms with Crippen LogP contribution >= 0.6 is 34.7 Å². The Bertz CT molecular complexity index is 960. The number of halogens is 1. The molecule has 5 nitrogen and oxygen atoms in total. The maximum absolute atomic E-state index is 13.0. The number of benzene rings is 2. The van der Waals surface area contributed by atoms with E-state index in [4.69, 9.17) is 16.3 Å². The van der Waals surface area contributed by atoms with Crippen molar-refractivity contribution in [3.8, 4) is 5.75 Å². The smallest absolute Gasteiger partial charge is 0.229 e. The molecule has 0 bridgehead atoms. The minimum Gasteiger partial charge on any atom is -0.497 e. The number of rotatable bonds is 9. The highest BCUT2D eigenvalue weighted by molar-refractivity contribution is 7.99. The van der Waals surface area contributed by atoms with Gasteiger partial charge in [-0.05, 0) is 56.6 Å². The maximum atomic E-state index is 13.0. The van der Waals surface area contributed by atoms with Crippen LogP contribution in [0.25, 0.3) is 10.2 Å². The molecule has 0 aliphatic carbocycles. The molecular weight excluding hydrogens is 426 g/mol. The fraction of sp³-hybridized carbons (Fsp3) is 0.333. The minimum atomic E-state index is 0.0815. The fourth-order valence-electron chi connectivity index (χ4n) is 2.69. The Morgan fingerprint density at radius 3 is 2.62 bits per heavy atom. The summed E-state index contributed by atoms with van der Waals surface area (Å²) in [5.74, 6) is 1.62. The highest BCUT2D eigenvalue weighted by atomic mass is 35.5. The molecular formula is C21H24ClN3O2S2. The number of carbonyl (C=O) groups excluding carboxylic acids is 1. The van der Waals surface area contributed by atoms with Crippen molar-refractivity contribution in [1.29, 1.82) is 0 Å². The van der Waals surface area contributed by atoms with E-state index in [0.717, 1.165) is 32.5 Å². The minimum absolute atomic E-state index is 0.0815. The normalized spacial score (nSPS) is 11.2. The summed E-state index contributed by atoms with van der Waals surface area (Å²) in [6.45, 7) is 1.38. The van der Waals surface area contributed by atoms with Gasteiger partial charge in [0.25, 0.3) is 0 Å². The summed E-state index contributed by atoms with van der Waals surface area (Å²) in [7, 11) is 5.65. The molecule has 0 unspecified atom stereocenters. The Kier molecular flexibility index (Phi) is 7.77. The predicted octanol–water partition coefficient (Wildman–Crippen LogP) is 5.04. The van der Waals surface area contributed by atoms with Crippen molar-refractivity contribution in [2.24, 2.45) is 0 Å². The number of aromatic nitrogens is 1. The van der Waals surface area contributed by atoms with E-state index in [1.165, 1.54) is 11.3 Å². The van der Waals surface area contributed by atoms with E-state index in [1.807, 2.05) is 56.6 Å². The maximum Gasteiger partial charge on any atom is 0.229 e. The number of thioether (sulfide) groups is 1. The third kappa shape index (κ3) is 6.09. The first-order chi connectivity index (χ1) is 14.0. The van der Waals surface area contributed by atoms with Gasteiger partial charge in [-0.1, -0.05) is 22.9 Å². The summed E-state index contributed by atoms with van der Waals surface area (Å²) in [6.07, 6.45) is 0.445. The average Bonchev–Trinajstić information content (AvgIpc) is 3.11. The third-order valence-electron chi connectivity index (χ3n) is 4.29. The number of ether oxygens (including phenoxy) is 1. The fourth-order valence-corrected chi connectivity index (χ4v) is 4.82. The van der Waals surface area contributed by atoms with E-state index in [9.17, 15) is 4.79 Å². The highest BCUT2D eigenvalue weighted by Gasteiger charge is 2.20. The Labute approximate surface area is 184 Å². The number of likely N-dealkylation sites (N-methyl/N-ethyl adjacent to an activating group) is 1. The summed E-state index contributed by atoms with van der Waals surface area (Å²) in [5.41, 5.74) is 0.865. The van der Waals surface area contributed by atoms with Gasteiger partial charge in [0.15, 0.2) is 5.13 Å². The monoisotopic (exact) mass is 449 g/mol. The number of anilines is 1. The van der Waals surface area contributed by atoms with E-state index in [-0.39, 0.29) is 5.91 Å². The lowest BCUT2D eigenvalue weighted by Crippen LogP contribution is -2.36. The summed E-state index contributed by atoms with van der Waals surface area (Å²) in [4.78, 5) is 22.7. The number of methoxy groups -OCH3 is 1. The molecule has 1 heterocycles. The largest absolute Gasteiger partial charge is 0.497 e. The molecule has 0 aliphatic heterocycles. The molecule has 0 fully saturated rings. The van der Waals surface area contributed by atoms with Crippen LogP contribution in [0.5, 0.6) is 5.75 Å². The zero-order valence-electron chi connectivity index (χ0n) is 16.7. The van der Waals surface area contributed by atoms with E-state index < -0.39 is 0 Å². The number of thiazole rings is 1. The van der Waals surface area contributed by atoms with Gasteiger partial charge in [-0.25, -0.2) is 4.98 Å². The molecule has 0 saturated carbocycles. The summed E-state index contributed by atoms with van der Waals surface area (Å²) < 4.78 is 6.17. The molecule has 0 saturated heterocycles. The lowest BCUT2D eigenvalue weighted by molar-refractivity contribution is -0.118. The van der Waals surface area contributed by atoms with Crippen LogP contribution < -0.4 is 9.64 Å². The van der Waals surface area contributed by atoms with Crippen molar-refractivity contribution >= 4 is 56.0 Å². The summed E-state index contributed by atoms with van der Waals surface area (Å²) in [6, 6.07) is 13.5. The molecule has 0 spiro atoms. The summed E-state index contributed by atoms with van der Waals surface area (Å²) >= 11 is 9.27. The number of nitrogens with zero attached hydrogens (tertiary/aromatic N) is 3. The van der Waals surface area contributed by atoms with Gasteiger partial charge in [-0.15, -0.1) is 11.8 Å². The van der Waals surface area contributed by atoms with Crippen molar-refractivity contribution in [1.82, 2.24) is 9.88 Å². The number of hydrogen-bond donors (Lipinski definition) is 0. The molecule has 1 aromatic heterocycles.